The van der Waals surface area contributed by atoms with Gasteiger partial charge in [0.15, 0.2) is 11.5 Å². The Morgan fingerprint density at radius 1 is 1.35 bits per heavy atom. The zero-order valence-corrected chi connectivity index (χ0v) is 11.3. The van der Waals surface area contributed by atoms with Crippen molar-refractivity contribution in [1.82, 2.24) is 4.90 Å². The number of carbonyl (C=O) groups is 2. The molecule has 1 heterocycles. The number of phenolic OH excluding ortho intramolecular Hbond substituents is 1. The lowest BCUT2D eigenvalue weighted by molar-refractivity contribution is -0.130. The van der Waals surface area contributed by atoms with Crippen LogP contribution >= 0.6 is 0 Å². The highest BCUT2D eigenvalue weighted by molar-refractivity contribution is 5.93. The smallest absolute Gasteiger partial charge is 0.246 e. The van der Waals surface area contributed by atoms with Crippen LogP contribution in [0.3, 0.4) is 0 Å². The number of methoxy groups -OCH3 is 1. The maximum atomic E-state index is 11.9. The number of nitrogens with zero attached hydrogens (tertiary/aromatic N) is 1. The number of benzene rings is 1. The first kappa shape index (κ1) is 14.1. The average Bonchev–Trinajstić information content (AvgIpc) is 2.46. The van der Waals surface area contributed by atoms with Gasteiger partial charge in [-0.15, -0.1) is 0 Å². The molecule has 0 atom stereocenters. The van der Waals surface area contributed by atoms with Crippen molar-refractivity contribution >= 4 is 17.8 Å². The summed E-state index contributed by atoms with van der Waals surface area (Å²) in [6.45, 7) is 0.974. The molecular formula is C15H17NO4. The second-order valence-corrected chi connectivity index (χ2v) is 4.63. The van der Waals surface area contributed by atoms with Crippen LogP contribution < -0.4 is 4.74 Å². The molecule has 1 fully saturated rings. The minimum absolute atomic E-state index is 0.0607. The zero-order valence-electron chi connectivity index (χ0n) is 11.3. The Bertz CT molecular complexity index is 541. The number of likely N-dealkylation sites (tertiary alicyclic amines) is 1. The van der Waals surface area contributed by atoms with Crippen molar-refractivity contribution in [3.8, 4) is 11.5 Å². The van der Waals surface area contributed by atoms with Gasteiger partial charge < -0.3 is 14.7 Å². The minimum atomic E-state index is -0.107. The molecule has 1 amide bonds. The molecule has 0 radical (unpaired) electrons. The molecule has 0 aromatic heterocycles. The van der Waals surface area contributed by atoms with Gasteiger partial charge in [0.25, 0.3) is 0 Å². The summed E-state index contributed by atoms with van der Waals surface area (Å²) in [4.78, 5) is 24.7. The second kappa shape index (κ2) is 6.23. The number of ketones is 1. The lowest BCUT2D eigenvalue weighted by Gasteiger charge is -2.24. The van der Waals surface area contributed by atoms with Crippen LogP contribution in [0.5, 0.6) is 11.5 Å². The summed E-state index contributed by atoms with van der Waals surface area (Å²) in [5, 5.41) is 9.48. The summed E-state index contributed by atoms with van der Waals surface area (Å²) in [5.41, 5.74) is 0.765. The van der Waals surface area contributed by atoms with Crippen LogP contribution in [0.15, 0.2) is 24.3 Å². The molecule has 5 nitrogen and oxygen atoms in total. The van der Waals surface area contributed by atoms with Gasteiger partial charge in [0.1, 0.15) is 5.78 Å². The Hall–Kier alpha value is -2.30. The Balaban J connectivity index is 2.01. The third-order valence-electron chi connectivity index (χ3n) is 3.25. The number of rotatable bonds is 3. The fourth-order valence-electron chi connectivity index (χ4n) is 2.05. The van der Waals surface area contributed by atoms with Gasteiger partial charge in [-0.2, -0.15) is 0 Å². The van der Waals surface area contributed by atoms with Crippen molar-refractivity contribution in [2.45, 2.75) is 12.8 Å². The quantitative estimate of drug-likeness (QED) is 0.851. The van der Waals surface area contributed by atoms with E-state index in [1.165, 1.54) is 19.3 Å². The first-order chi connectivity index (χ1) is 9.60. The number of hydrogen-bond donors (Lipinski definition) is 1. The molecule has 0 saturated carbocycles. The Labute approximate surface area is 117 Å². The number of hydrogen-bond acceptors (Lipinski definition) is 4. The largest absolute Gasteiger partial charge is 0.504 e. The molecule has 0 unspecified atom stereocenters. The fraction of sp³-hybridized carbons (Fsp3) is 0.333. The van der Waals surface area contributed by atoms with Gasteiger partial charge in [-0.25, -0.2) is 0 Å². The van der Waals surface area contributed by atoms with Crippen LogP contribution in [0.25, 0.3) is 6.08 Å². The second-order valence-electron chi connectivity index (χ2n) is 4.63. The third-order valence-corrected chi connectivity index (χ3v) is 3.25. The third kappa shape index (κ3) is 3.38. The van der Waals surface area contributed by atoms with Crippen LogP contribution in [-0.4, -0.2) is 41.9 Å². The Morgan fingerprint density at radius 2 is 2.05 bits per heavy atom. The van der Waals surface area contributed by atoms with Gasteiger partial charge in [0, 0.05) is 32.0 Å². The molecule has 0 spiro atoms. The SMILES string of the molecule is COc1cc(/C=C/C(=O)N2CCC(=O)CC2)ccc1O. The molecule has 1 aromatic carbocycles. The van der Waals surface area contributed by atoms with Gasteiger partial charge >= 0.3 is 0 Å². The van der Waals surface area contributed by atoms with Gasteiger partial charge in [0.2, 0.25) is 5.91 Å². The molecule has 106 valence electrons. The van der Waals surface area contributed by atoms with E-state index in [1.54, 1.807) is 23.1 Å². The van der Waals surface area contributed by atoms with E-state index in [2.05, 4.69) is 0 Å². The lowest BCUT2D eigenvalue weighted by atomic mass is 10.1. The summed E-state index contributed by atoms with van der Waals surface area (Å²) in [5.74, 6) is 0.527. The monoisotopic (exact) mass is 275 g/mol. The Kier molecular flexibility index (Phi) is 4.40. The number of ether oxygens (including phenoxy) is 1. The molecule has 20 heavy (non-hydrogen) atoms. The number of amides is 1. The average molecular weight is 275 g/mol. The van der Waals surface area contributed by atoms with Crippen molar-refractivity contribution < 1.29 is 19.4 Å². The maximum Gasteiger partial charge on any atom is 0.246 e. The van der Waals surface area contributed by atoms with E-state index in [0.29, 0.717) is 31.7 Å². The molecule has 2 rings (SSSR count). The normalized spacial score (nSPS) is 15.7. The molecule has 0 aliphatic carbocycles. The Morgan fingerprint density at radius 3 is 2.70 bits per heavy atom. The molecule has 1 N–H and O–H groups in total. The standard InChI is InChI=1S/C15H17NO4/c1-20-14-10-11(2-4-13(14)18)3-5-15(19)16-8-6-12(17)7-9-16/h2-5,10,18H,6-9H2,1H3/b5-3+. The summed E-state index contributed by atoms with van der Waals surface area (Å²) in [6, 6.07) is 4.86. The summed E-state index contributed by atoms with van der Waals surface area (Å²) >= 11 is 0. The number of aromatic hydroxyl groups is 1. The van der Waals surface area contributed by atoms with E-state index < -0.39 is 0 Å². The predicted octanol–water partition coefficient (Wildman–Crippen LogP) is 1.61. The molecule has 1 saturated heterocycles. The van der Waals surface area contributed by atoms with E-state index in [0.717, 1.165) is 5.56 Å². The van der Waals surface area contributed by atoms with Crippen LogP contribution in [0, 0.1) is 0 Å². The van der Waals surface area contributed by atoms with Gasteiger partial charge in [-0.3, -0.25) is 9.59 Å². The topological polar surface area (TPSA) is 66.8 Å². The van der Waals surface area contributed by atoms with Crippen molar-refractivity contribution in [2.75, 3.05) is 20.2 Å². The molecule has 1 aromatic rings. The number of carbonyl (C=O) groups excluding carboxylic acids is 2. The molecule has 0 bridgehead atoms. The van der Waals surface area contributed by atoms with Crippen molar-refractivity contribution in [3.63, 3.8) is 0 Å². The number of phenols is 1. The van der Waals surface area contributed by atoms with Crippen LogP contribution in [0.4, 0.5) is 0 Å². The first-order valence-electron chi connectivity index (χ1n) is 6.46. The van der Waals surface area contributed by atoms with E-state index >= 15 is 0 Å². The summed E-state index contributed by atoms with van der Waals surface area (Å²) in [6.07, 6.45) is 4.02. The van der Waals surface area contributed by atoms with E-state index in [9.17, 15) is 14.7 Å². The van der Waals surface area contributed by atoms with E-state index in [1.807, 2.05) is 0 Å². The number of piperidine rings is 1. The minimum Gasteiger partial charge on any atom is -0.504 e. The van der Waals surface area contributed by atoms with Crippen LogP contribution in [0.1, 0.15) is 18.4 Å². The van der Waals surface area contributed by atoms with E-state index in [4.69, 9.17) is 4.74 Å². The molecule has 1 aliphatic heterocycles. The molecule has 5 heteroatoms. The highest BCUT2D eigenvalue weighted by Gasteiger charge is 2.18. The van der Waals surface area contributed by atoms with Crippen molar-refractivity contribution in [1.29, 1.82) is 0 Å². The van der Waals surface area contributed by atoms with Gasteiger partial charge in [-0.1, -0.05) is 6.07 Å². The van der Waals surface area contributed by atoms with Gasteiger partial charge in [-0.05, 0) is 23.8 Å². The van der Waals surface area contributed by atoms with Crippen LogP contribution in [-0.2, 0) is 9.59 Å². The van der Waals surface area contributed by atoms with Gasteiger partial charge in [0.05, 0.1) is 7.11 Å². The fourth-order valence-corrected chi connectivity index (χ4v) is 2.05. The first-order valence-corrected chi connectivity index (χ1v) is 6.46. The van der Waals surface area contributed by atoms with Crippen molar-refractivity contribution in [3.05, 3.63) is 29.8 Å². The zero-order chi connectivity index (χ0) is 14.5. The summed E-state index contributed by atoms with van der Waals surface area (Å²) < 4.78 is 5.00. The highest BCUT2D eigenvalue weighted by Crippen LogP contribution is 2.26. The lowest BCUT2D eigenvalue weighted by Crippen LogP contribution is -2.37. The molecule has 1 aliphatic rings. The van der Waals surface area contributed by atoms with Crippen molar-refractivity contribution in [2.24, 2.45) is 0 Å². The molecular weight excluding hydrogens is 258 g/mol. The summed E-state index contributed by atoms with van der Waals surface area (Å²) in [7, 11) is 1.47. The number of Topliss-reactive ketones (excluding diaryl/α,β-unsaturated/α-hetero) is 1. The van der Waals surface area contributed by atoms with E-state index in [-0.39, 0.29) is 17.4 Å². The highest BCUT2D eigenvalue weighted by atomic mass is 16.5. The predicted molar refractivity (Wildman–Crippen MR) is 74.5 cm³/mol. The maximum absolute atomic E-state index is 11.9. The van der Waals surface area contributed by atoms with Crippen LogP contribution in [0.2, 0.25) is 0 Å².